The molecule has 1 aromatic carbocycles. The molecule has 2 unspecified atom stereocenters. The van der Waals surface area contributed by atoms with Crippen LogP contribution in [0.1, 0.15) is 30.9 Å². The second-order valence-corrected chi connectivity index (χ2v) is 6.94. The topological polar surface area (TPSA) is 82.0 Å². The number of hydrogen-bond donors (Lipinski definition) is 2. The summed E-state index contributed by atoms with van der Waals surface area (Å²) in [5, 5.41) is 12.4. The molecule has 1 heterocycles. The van der Waals surface area contributed by atoms with E-state index in [0.29, 0.717) is 11.6 Å². The molecule has 1 aromatic rings. The van der Waals surface area contributed by atoms with Crippen LogP contribution < -0.4 is 10.0 Å². The van der Waals surface area contributed by atoms with E-state index in [-0.39, 0.29) is 16.5 Å². The number of nitrogens with one attached hydrogen (secondary N) is 2. The lowest BCUT2D eigenvalue weighted by molar-refractivity contribution is 0.361. The molecule has 108 valence electrons. The third kappa shape index (κ3) is 3.18. The summed E-state index contributed by atoms with van der Waals surface area (Å²) in [6, 6.07) is 7.09. The predicted octanol–water partition coefficient (Wildman–Crippen LogP) is 1.29. The standard InChI is InChI=1S/C14H19N3O2S/c1-10-4-3-5-14(13(10)9-15)20(18,19)17-12-6-7-16-11(2)8-12/h3-5,11-12,16-17H,6-8H2,1-2H3. The van der Waals surface area contributed by atoms with E-state index in [1.807, 2.05) is 13.0 Å². The van der Waals surface area contributed by atoms with Gasteiger partial charge in [0.15, 0.2) is 0 Å². The van der Waals surface area contributed by atoms with Gasteiger partial charge in [0.1, 0.15) is 11.0 Å². The Kier molecular flexibility index (Phi) is 4.43. The zero-order valence-electron chi connectivity index (χ0n) is 11.7. The van der Waals surface area contributed by atoms with Gasteiger partial charge in [0.05, 0.1) is 5.56 Å². The average Bonchev–Trinajstić information content (AvgIpc) is 2.38. The highest BCUT2D eigenvalue weighted by atomic mass is 32.2. The SMILES string of the molecule is Cc1cccc(S(=O)(=O)NC2CCNC(C)C2)c1C#N. The number of nitrogens with zero attached hydrogens (tertiary/aromatic N) is 1. The maximum Gasteiger partial charge on any atom is 0.242 e. The highest BCUT2D eigenvalue weighted by Crippen LogP contribution is 2.20. The van der Waals surface area contributed by atoms with Gasteiger partial charge >= 0.3 is 0 Å². The molecule has 2 N–H and O–H groups in total. The lowest BCUT2D eigenvalue weighted by Crippen LogP contribution is -2.46. The predicted molar refractivity (Wildman–Crippen MR) is 76.7 cm³/mol. The molecule has 6 heteroatoms. The normalized spacial score (nSPS) is 23.2. The van der Waals surface area contributed by atoms with Crippen LogP contribution in [0.15, 0.2) is 23.1 Å². The van der Waals surface area contributed by atoms with Crippen molar-refractivity contribution in [3.05, 3.63) is 29.3 Å². The van der Waals surface area contributed by atoms with Crippen LogP contribution in [0.2, 0.25) is 0 Å². The molecule has 0 radical (unpaired) electrons. The maximum atomic E-state index is 12.5. The third-order valence-electron chi connectivity index (χ3n) is 3.58. The number of rotatable bonds is 3. The smallest absolute Gasteiger partial charge is 0.242 e. The number of hydrogen-bond acceptors (Lipinski definition) is 4. The molecule has 1 saturated heterocycles. The Morgan fingerprint density at radius 3 is 2.85 bits per heavy atom. The molecule has 1 aliphatic heterocycles. The lowest BCUT2D eigenvalue weighted by Gasteiger charge is -2.28. The van der Waals surface area contributed by atoms with E-state index in [2.05, 4.69) is 10.0 Å². The summed E-state index contributed by atoms with van der Waals surface area (Å²) in [4.78, 5) is 0.0752. The molecule has 2 atom stereocenters. The van der Waals surface area contributed by atoms with Gasteiger partial charge in [-0.05, 0) is 44.9 Å². The largest absolute Gasteiger partial charge is 0.314 e. The first-order chi connectivity index (χ1) is 9.44. The minimum atomic E-state index is -3.65. The Morgan fingerprint density at radius 1 is 1.45 bits per heavy atom. The fourth-order valence-corrected chi connectivity index (χ4v) is 4.04. The Bertz CT molecular complexity index is 634. The van der Waals surface area contributed by atoms with Gasteiger partial charge in [-0.25, -0.2) is 13.1 Å². The van der Waals surface area contributed by atoms with E-state index in [1.165, 1.54) is 6.07 Å². The van der Waals surface area contributed by atoms with E-state index in [1.54, 1.807) is 19.1 Å². The zero-order valence-corrected chi connectivity index (χ0v) is 12.5. The fraction of sp³-hybridized carbons (Fsp3) is 0.500. The van der Waals surface area contributed by atoms with Crippen molar-refractivity contribution in [2.75, 3.05) is 6.54 Å². The zero-order chi connectivity index (χ0) is 14.8. The van der Waals surface area contributed by atoms with Gasteiger partial charge in [-0.1, -0.05) is 12.1 Å². The lowest BCUT2D eigenvalue weighted by atomic mass is 10.0. The number of nitriles is 1. The van der Waals surface area contributed by atoms with E-state index >= 15 is 0 Å². The van der Waals surface area contributed by atoms with E-state index in [0.717, 1.165) is 19.4 Å². The molecular formula is C14H19N3O2S. The first kappa shape index (κ1) is 15.0. The molecule has 5 nitrogen and oxygen atoms in total. The maximum absolute atomic E-state index is 12.5. The van der Waals surface area contributed by atoms with Gasteiger partial charge in [0.2, 0.25) is 10.0 Å². The van der Waals surface area contributed by atoms with Crippen molar-refractivity contribution in [1.82, 2.24) is 10.0 Å². The Labute approximate surface area is 120 Å². The summed E-state index contributed by atoms with van der Waals surface area (Å²) in [6.07, 6.45) is 1.52. The molecule has 0 aromatic heterocycles. The molecule has 1 aliphatic rings. The summed E-state index contributed by atoms with van der Waals surface area (Å²) in [5.41, 5.74) is 0.899. The van der Waals surface area contributed by atoms with Crippen molar-refractivity contribution >= 4 is 10.0 Å². The molecule has 1 fully saturated rings. The average molecular weight is 293 g/mol. The van der Waals surface area contributed by atoms with Crippen molar-refractivity contribution in [3.63, 3.8) is 0 Å². The van der Waals surface area contributed by atoms with Gasteiger partial charge in [0.25, 0.3) is 0 Å². The van der Waals surface area contributed by atoms with Crippen LogP contribution in [-0.2, 0) is 10.0 Å². The summed E-state index contributed by atoms with van der Waals surface area (Å²) < 4.78 is 27.6. The first-order valence-corrected chi connectivity index (χ1v) is 8.18. The minimum absolute atomic E-state index is 0.0752. The third-order valence-corrected chi connectivity index (χ3v) is 5.14. The second kappa shape index (κ2) is 5.92. The summed E-state index contributed by atoms with van der Waals surface area (Å²) >= 11 is 0. The number of benzene rings is 1. The highest BCUT2D eigenvalue weighted by Gasteiger charge is 2.26. The summed E-state index contributed by atoms with van der Waals surface area (Å²) in [7, 11) is -3.65. The van der Waals surface area contributed by atoms with Crippen molar-refractivity contribution < 1.29 is 8.42 Å². The molecule has 0 saturated carbocycles. The van der Waals surface area contributed by atoms with Crippen LogP contribution >= 0.6 is 0 Å². The number of aryl methyl sites for hydroxylation is 1. The second-order valence-electron chi connectivity index (χ2n) is 5.26. The van der Waals surface area contributed by atoms with Crippen LogP contribution in [0, 0.1) is 18.3 Å². The highest BCUT2D eigenvalue weighted by molar-refractivity contribution is 7.89. The first-order valence-electron chi connectivity index (χ1n) is 6.69. The van der Waals surface area contributed by atoms with Gasteiger partial charge in [0, 0.05) is 12.1 Å². The molecule has 0 spiro atoms. The summed E-state index contributed by atoms with van der Waals surface area (Å²) in [5.74, 6) is 0. The Hall–Kier alpha value is -1.42. The van der Waals surface area contributed by atoms with Crippen LogP contribution in [0.4, 0.5) is 0 Å². The van der Waals surface area contributed by atoms with Crippen LogP contribution in [0.5, 0.6) is 0 Å². The Balaban J connectivity index is 2.27. The summed E-state index contributed by atoms with van der Waals surface area (Å²) in [6.45, 7) is 4.57. The molecule has 0 amide bonds. The van der Waals surface area contributed by atoms with E-state index in [4.69, 9.17) is 5.26 Å². The van der Waals surface area contributed by atoms with Gasteiger partial charge in [-0.2, -0.15) is 5.26 Å². The molecular weight excluding hydrogens is 274 g/mol. The van der Waals surface area contributed by atoms with Crippen molar-refractivity contribution in [3.8, 4) is 6.07 Å². The van der Waals surface area contributed by atoms with Gasteiger partial charge in [-0.15, -0.1) is 0 Å². The van der Waals surface area contributed by atoms with E-state index in [9.17, 15) is 8.42 Å². The number of piperidine rings is 1. The van der Waals surface area contributed by atoms with Crippen molar-refractivity contribution in [2.45, 2.75) is 43.7 Å². The van der Waals surface area contributed by atoms with Crippen molar-refractivity contribution in [1.29, 1.82) is 5.26 Å². The molecule has 0 aliphatic carbocycles. The van der Waals surface area contributed by atoms with Gasteiger partial charge < -0.3 is 5.32 Å². The Morgan fingerprint density at radius 2 is 2.20 bits per heavy atom. The monoisotopic (exact) mass is 293 g/mol. The van der Waals surface area contributed by atoms with Crippen LogP contribution in [0.25, 0.3) is 0 Å². The molecule has 2 rings (SSSR count). The van der Waals surface area contributed by atoms with Crippen LogP contribution in [0.3, 0.4) is 0 Å². The van der Waals surface area contributed by atoms with Crippen molar-refractivity contribution in [2.24, 2.45) is 0 Å². The van der Waals surface area contributed by atoms with E-state index < -0.39 is 10.0 Å². The number of sulfonamides is 1. The van der Waals surface area contributed by atoms with Gasteiger partial charge in [-0.3, -0.25) is 0 Å². The quantitative estimate of drug-likeness (QED) is 0.879. The fourth-order valence-electron chi connectivity index (χ4n) is 2.53. The minimum Gasteiger partial charge on any atom is -0.314 e. The molecule has 20 heavy (non-hydrogen) atoms. The molecule has 0 bridgehead atoms. The van der Waals surface area contributed by atoms with Crippen LogP contribution in [-0.4, -0.2) is 27.0 Å².